The molecular formula is C15H30N4. The van der Waals surface area contributed by atoms with E-state index in [1.807, 2.05) is 10.9 Å². The van der Waals surface area contributed by atoms with Gasteiger partial charge in [-0.05, 0) is 38.8 Å². The van der Waals surface area contributed by atoms with Gasteiger partial charge in [0.05, 0.1) is 6.20 Å². The number of nitrogens with zero attached hydrogens (tertiary/aromatic N) is 3. The molecule has 0 spiro atoms. The summed E-state index contributed by atoms with van der Waals surface area (Å²) < 4.78 is 2.02. The molecule has 0 bridgehead atoms. The van der Waals surface area contributed by atoms with Crippen LogP contribution in [0.25, 0.3) is 0 Å². The van der Waals surface area contributed by atoms with Gasteiger partial charge in [0.1, 0.15) is 0 Å². The minimum Gasteiger partial charge on any atom is -0.330 e. The number of hydrogen-bond acceptors (Lipinski definition) is 3. The van der Waals surface area contributed by atoms with Crippen LogP contribution in [-0.4, -0.2) is 34.3 Å². The van der Waals surface area contributed by atoms with Gasteiger partial charge in [0, 0.05) is 30.9 Å². The van der Waals surface area contributed by atoms with Crippen molar-refractivity contribution in [2.24, 2.45) is 11.1 Å². The van der Waals surface area contributed by atoms with E-state index in [1.165, 1.54) is 12.0 Å². The Balaban J connectivity index is 2.66. The lowest BCUT2D eigenvalue weighted by atomic mass is 9.93. The van der Waals surface area contributed by atoms with Crippen molar-refractivity contribution in [3.05, 3.63) is 18.0 Å². The van der Waals surface area contributed by atoms with Crippen LogP contribution in [0.5, 0.6) is 0 Å². The molecule has 110 valence electrons. The Morgan fingerprint density at radius 2 is 2.11 bits per heavy atom. The second-order valence-corrected chi connectivity index (χ2v) is 6.50. The number of hydrogen-bond donors (Lipinski definition) is 1. The fraction of sp³-hybridized carbons (Fsp3) is 0.800. The molecule has 0 saturated carbocycles. The maximum atomic E-state index is 5.84. The average molecular weight is 266 g/mol. The lowest BCUT2D eigenvalue weighted by Gasteiger charge is -2.31. The summed E-state index contributed by atoms with van der Waals surface area (Å²) in [7, 11) is 0. The monoisotopic (exact) mass is 266 g/mol. The number of rotatable bonds is 8. The third kappa shape index (κ3) is 5.33. The molecule has 2 N–H and O–H groups in total. The first-order valence-electron chi connectivity index (χ1n) is 7.33. The van der Waals surface area contributed by atoms with Crippen molar-refractivity contribution in [3.8, 4) is 0 Å². The van der Waals surface area contributed by atoms with Gasteiger partial charge < -0.3 is 5.73 Å². The van der Waals surface area contributed by atoms with E-state index in [4.69, 9.17) is 5.73 Å². The lowest BCUT2D eigenvalue weighted by molar-refractivity contribution is 0.176. The highest BCUT2D eigenvalue weighted by Gasteiger charge is 2.20. The van der Waals surface area contributed by atoms with E-state index in [0.29, 0.717) is 6.04 Å². The molecule has 0 aliphatic carbocycles. The predicted molar refractivity (Wildman–Crippen MR) is 81.0 cm³/mol. The van der Waals surface area contributed by atoms with Crippen molar-refractivity contribution < 1.29 is 0 Å². The summed E-state index contributed by atoms with van der Waals surface area (Å²) in [4.78, 5) is 2.48. The molecule has 4 nitrogen and oxygen atoms in total. The fourth-order valence-electron chi connectivity index (χ4n) is 2.20. The van der Waals surface area contributed by atoms with Crippen molar-refractivity contribution in [3.63, 3.8) is 0 Å². The summed E-state index contributed by atoms with van der Waals surface area (Å²) >= 11 is 0. The Morgan fingerprint density at radius 3 is 2.58 bits per heavy atom. The Labute approximate surface area is 118 Å². The predicted octanol–water partition coefficient (Wildman–Crippen LogP) is 2.66. The molecular weight excluding hydrogens is 236 g/mol. The number of nitrogens with two attached hydrogens (primary N) is 1. The summed E-state index contributed by atoms with van der Waals surface area (Å²) in [5, 5.41) is 4.41. The van der Waals surface area contributed by atoms with Crippen LogP contribution >= 0.6 is 0 Å². The van der Waals surface area contributed by atoms with E-state index in [2.05, 4.69) is 50.8 Å². The Morgan fingerprint density at radius 1 is 1.42 bits per heavy atom. The van der Waals surface area contributed by atoms with E-state index in [9.17, 15) is 0 Å². The van der Waals surface area contributed by atoms with Crippen LogP contribution in [0.4, 0.5) is 0 Å². The van der Waals surface area contributed by atoms with E-state index >= 15 is 0 Å². The second kappa shape index (κ2) is 7.06. The molecule has 1 aromatic rings. The van der Waals surface area contributed by atoms with Crippen molar-refractivity contribution in [1.29, 1.82) is 0 Å². The van der Waals surface area contributed by atoms with Crippen LogP contribution < -0.4 is 5.73 Å². The van der Waals surface area contributed by atoms with Crippen molar-refractivity contribution in [2.75, 3.05) is 19.6 Å². The van der Waals surface area contributed by atoms with Crippen molar-refractivity contribution in [1.82, 2.24) is 14.7 Å². The maximum absolute atomic E-state index is 5.84. The van der Waals surface area contributed by atoms with Crippen LogP contribution in [0.15, 0.2) is 12.4 Å². The molecule has 0 aromatic carbocycles. The largest absolute Gasteiger partial charge is 0.330 e. The highest BCUT2D eigenvalue weighted by Crippen LogP contribution is 2.17. The highest BCUT2D eigenvalue weighted by atomic mass is 15.3. The molecule has 0 fully saturated rings. The van der Waals surface area contributed by atoms with Crippen LogP contribution in [-0.2, 0) is 6.54 Å². The summed E-state index contributed by atoms with van der Waals surface area (Å²) in [6, 6.07) is 0.425. The van der Waals surface area contributed by atoms with Crippen molar-refractivity contribution >= 4 is 0 Å². The molecule has 19 heavy (non-hydrogen) atoms. The Hall–Kier alpha value is -0.870. The molecule has 0 aliphatic rings. The first-order chi connectivity index (χ1) is 8.88. The quantitative estimate of drug-likeness (QED) is 0.787. The van der Waals surface area contributed by atoms with E-state index < -0.39 is 0 Å². The first kappa shape index (κ1) is 16.2. The van der Waals surface area contributed by atoms with Gasteiger partial charge in [-0.2, -0.15) is 5.10 Å². The Kier molecular flexibility index (Phi) is 6.01. The van der Waals surface area contributed by atoms with Gasteiger partial charge in [-0.25, -0.2) is 0 Å². The molecule has 0 radical (unpaired) electrons. The van der Waals surface area contributed by atoms with Gasteiger partial charge in [-0.1, -0.05) is 20.8 Å². The van der Waals surface area contributed by atoms with Gasteiger partial charge in [-0.3, -0.25) is 9.58 Å². The minimum absolute atomic E-state index is 0.170. The molecule has 0 atom stereocenters. The normalized spacial score (nSPS) is 12.6. The summed E-state index contributed by atoms with van der Waals surface area (Å²) in [5.74, 6) is 0. The zero-order chi connectivity index (χ0) is 14.5. The molecule has 0 saturated heterocycles. The molecule has 1 rings (SSSR count). The van der Waals surface area contributed by atoms with Gasteiger partial charge in [-0.15, -0.1) is 0 Å². The van der Waals surface area contributed by atoms with E-state index in [1.54, 1.807) is 0 Å². The highest BCUT2D eigenvalue weighted by molar-refractivity contribution is 5.04. The van der Waals surface area contributed by atoms with E-state index in [-0.39, 0.29) is 5.41 Å². The molecule has 0 aliphatic heterocycles. The molecule has 0 unspecified atom stereocenters. The molecule has 4 heteroatoms. The molecule has 1 aromatic heterocycles. The summed E-state index contributed by atoms with van der Waals surface area (Å²) in [6.07, 6.45) is 5.31. The van der Waals surface area contributed by atoms with Crippen LogP contribution in [0.2, 0.25) is 0 Å². The third-order valence-corrected chi connectivity index (χ3v) is 3.33. The van der Waals surface area contributed by atoms with Gasteiger partial charge in [0.2, 0.25) is 0 Å². The first-order valence-corrected chi connectivity index (χ1v) is 7.33. The van der Waals surface area contributed by atoms with Gasteiger partial charge in [0.25, 0.3) is 0 Å². The minimum atomic E-state index is 0.170. The second-order valence-electron chi connectivity index (χ2n) is 6.50. The zero-order valence-electron chi connectivity index (χ0n) is 13.2. The molecule has 0 amide bonds. The smallest absolute Gasteiger partial charge is 0.0534 e. The SMILES string of the molecule is CCCN(Cc1cnn(C(C)C)c1)CC(C)(C)CN. The van der Waals surface area contributed by atoms with Crippen molar-refractivity contribution in [2.45, 2.75) is 53.6 Å². The Bertz CT molecular complexity index is 368. The zero-order valence-corrected chi connectivity index (χ0v) is 13.2. The van der Waals surface area contributed by atoms with E-state index in [0.717, 1.165) is 26.2 Å². The average Bonchev–Trinajstić information content (AvgIpc) is 2.77. The van der Waals surface area contributed by atoms with Gasteiger partial charge in [0.15, 0.2) is 0 Å². The summed E-state index contributed by atoms with van der Waals surface area (Å²) in [6.45, 7) is 14.8. The lowest BCUT2D eigenvalue weighted by Crippen LogP contribution is -2.38. The van der Waals surface area contributed by atoms with Crippen LogP contribution in [0.3, 0.4) is 0 Å². The van der Waals surface area contributed by atoms with Crippen LogP contribution in [0.1, 0.15) is 52.6 Å². The summed E-state index contributed by atoms with van der Waals surface area (Å²) in [5.41, 5.74) is 7.30. The topological polar surface area (TPSA) is 47.1 Å². The van der Waals surface area contributed by atoms with Gasteiger partial charge >= 0.3 is 0 Å². The number of aromatic nitrogens is 2. The maximum Gasteiger partial charge on any atom is 0.0534 e. The fourth-order valence-corrected chi connectivity index (χ4v) is 2.20. The van der Waals surface area contributed by atoms with Crippen LogP contribution in [0, 0.1) is 5.41 Å². The standard InChI is InChI=1S/C15H30N4/c1-6-7-18(12-15(4,5)11-16)9-14-8-17-19(10-14)13(2)3/h8,10,13H,6-7,9,11-12,16H2,1-5H3. The molecule has 1 heterocycles. The third-order valence-electron chi connectivity index (χ3n) is 3.33.